The average molecular weight is 148 g/mol. The fourth-order valence-corrected chi connectivity index (χ4v) is 0.987. The van der Waals surface area contributed by atoms with Crippen molar-refractivity contribution in [3.63, 3.8) is 0 Å². The number of aromatic amines is 1. The Balaban J connectivity index is 3.53. The maximum Gasteiger partial charge on any atom is 0.199 e. The summed E-state index contributed by atoms with van der Waals surface area (Å²) in [5.41, 5.74) is 1.42. The van der Waals surface area contributed by atoms with Crippen LogP contribution in [0.25, 0.3) is 0 Å². The van der Waals surface area contributed by atoms with Crippen molar-refractivity contribution in [2.24, 2.45) is 0 Å². The molecule has 0 atom stereocenters. The minimum absolute atomic E-state index is 0.204. The Morgan fingerprint density at radius 1 is 1.55 bits per heavy atom. The number of H-pyrrole nitrogens is 1. The molecule has 56 valence electrons. The molecule has 1 rings (SSSR count). The maximum absolute atomic E-state index is 11.0. The first-order valence-electron chi connectivity index (χ1n) is 3.26. The van der Waals surface area contributed by atoms with Gasteiger partial charge in [0.05, 0.1) is 0 Å². The van der Waals surface area contributed by atoms with E-state index in [1.807, 2.05) is 6.07 Å². The smallest absolute Gasteiger partial charge is 0.199 e. The van der Waals surface area contributed by atoms with Crippen LogP contribution in [0.5, 0.6) is 0 Å². The first-order valence-corrected chi connectivity index (χ1v) is 3.26. The molecule has 3 nitrogen and oxygen atoms in total. The van der Waals surface area contributed by atoms with Gasteiger partial charge in [0.25, 0.3) is 0 Å². The fraction of sp³-hybridized carbons (Fsp3) is 0.250. The van der Waals surface area contributed by atoms with E-state index in [9.17, 15) is 4.79 Å². The van der Waals surface area contributed by atoms with Crippen molar-refractivity contribution >= 4 is 0 Å². The predicted octanol–water partition coefficient (Wildman–Crippen LogP) is 0.863. The summed E-state index contributed by atoms with van der Waals surface area (Å²) in [6.07, 6.45) is 0. The third-order valence-corrected chi connectivity index (χ3v) is 1.47. The van der Waals surface area contributed by atoms with Crippen LogP contribution >= 0.6 is 0 Å². The van der Waals surface area contributed by atoms with Crippen molar-refractivity contribution < 1.29 is 0 Å². The molecule has 0 unspecified atom stereocenters. The molecule has 0 radical (unpaired) electrons. The van der Waals surface area contributed by atoms with Crippen LogP contribution in [0.4, 0.5) is 0 Å². The number of aryl methyl sites for hydroxylation is 2. The number of hydrogen-bond acceptors (Lipinski definition) is 2. The molecule has 0 aliphatic rings. The summed E-state index contributed by atoms with van der Waals surface area (Å²) in [5.74, 6) is 0. The van der Waals surface area contributed by atoms with Crippen LogP contribution in [-0.2, 0) is 0 Å². The van der Waals surface area contributed by atoms with Crippen LogP contribution in [0.2, 0.25) is 0 Å². The second kappa shape index (κ2) is 2.59. The molecule has 0 aliphatic heterocycles. The quantitative estimate of drug-likeness (QED) is 0.593. The van der Waals surface area contributed by atoms with Crippen molar-refractivity contribution in [3.05, 3.63) is 33.2 Å². The van der Waals surface area contributed by atoms with E-state index in [2.05, 4.69) is 4.98 Å². The highest BCUT2D eigenvalue weighted by atomic mass is 16.1. The Hall–Kier alpha value is -1.56. The van der Waals surface area contributed by atoms with Crippen LogP contribution in [0.3, 0.4) is 0 Å². The lowest BCUT2D eigenvalue weighted by atomic mass is 10.2. The molecule has 1 N–H and O–H groups in total. The summed E-state index contributed by atoms with van der Waals surface area (Å²) in [5, 5.41) is 8.52. The van der Waals surface area contributed by atoms with E-state index in [1.54, 1.807) is 13.8 Å². The topological polar surface area (TPSA) is 56.6 Å². The van der Waals surface area contributed by atoms with E-state index in [4.69, 9.17) is 5.26 Å². The molecule has 0 saturated heterocycles. The summed E-state index contributed by atoms with van der Waals surface area (Å²) in [6, 6.07) is 3.27. The zero-order valence-electron chi connectivity index (χ0n) is 6.43. The van der Waals surface area contributed by atoms with Gasteiger partial charge in [0.2, 0.25) is 0 Å². The highest BCUT2D eigenvalue weighted by Gasteiger charge is 2.01. The van der Waals surface area contributed by atoms with E-state index in [-0.39, 0.29) is 11.0 Å². The maximum atomic E-state index is 11.0. The van der Waals surface area contributed by atoms with Gasteiger partial charge < -0.3 is 4.98 Å². The lowest BCUT2D eigenvalue weighted by Gasteiger charge is -1.97. The summed E-state index contributed by atoms with van der Waals surface area (Å²) in [7, 11) is 0. The largest absolute Gasteiger partial charge is 0.361 e. The molecule has 0 spiro atoms. The zero-order valence-corrected chi connectivity index (χ0v) is 6.43. The summed E-state index contributed by atoms with van der Waals surface area (Å²) in [4.78, 5) is 14.0. The van der Waals surface area contributed by atoms with Gasteiger partial charge in [-0.3, -0.25) is 4.79 Å². The standard InChI is InChI=1S/C8H8N2O/c1-5-3-8(11)7(4-9)6(2)10-5/h3H,1-2H3,(H,10,11). The van der Waals surface area contributed by atoms with Gasteiger partial charge in [0, 0.05) is 17.5 Å². The van der Waals surface area contributed by atoms with Crippen LogP contribution in [-0.4, -0.2) is 4.98 Å². The lowest BCUT2D eigenvalue weighted by Crippen LogP contribution is -2.09. The van der Waals surface area contributed by atoms with Crippen LogP contribution in [0, 0.1) is 25.2 Å². The Morgan fingerprint density at radius 3 is 2.64 bits per heavy atom. The van der Waals surface area contributed by atoms with E-state index in [1.165, 1.54) is 6.07 Å². The minimum Gasteiger partial charge on any atom is -0.361 e. The molecule has 0 aromatic carbocycles. The van der Waals surface area contributed by atoms with E-state index < -0.39 is 0 Å². The lowest BCUT2D eigenvalue weighted by molar-refractivity contribution is 1.09. The molecule has 1 heterocycles. The van der Waals surface area contributed by atoms with Gasteiger partial charge in [-0.2, -0.15) is 5.26 Å². The number of pyridine rings is 1. The second-order valence-corrected chi connectivity index (χ2v) is 2.43. The van der Waals surface area contributed by atoms with Gasteiger partial charge in [-0.25, -0.2) is 0 Å². The number of hydrogen-bond donors (Lipinski definition) is 1. The molecule has 0 aliphatic carbocycles. The first kappa shape index (κ1) is 7.55. The number of nitrogens with zero attached hydrogens (tertiary/aromatic N) is 1. The zero-order chi connectivity index (χ0) is 8.43. The Labute approximate surface area is 64.3 Å². The molecule has 1 aromatic rings. The molecule has 1 aromatic heterocycles. The van der Waals surface area contributed by atoms with Gasteiger partial charge in [-0.1, -0.05) is 0 Å². The molecular formula is C8H8N2O. The van der Waals surface area contributed by atoms with Crippen LogP contribution < -0.4 is 5.43 Å². The summed E-state index contributed by atoms with van der Waals surface area (Å²) < 4.78 is 0. The van der Waals surface area contributed by atoms with Crippen molar-refractivity contribution in [1.82, 2.24) is 4.98 Å². The number of aromatic nitrogens is 1. The molecule has 0 fully saturated rings. The van der Waals surface area contributed by atoms with Crippen LogP contribution in [0.15, 0.2) is 10.9 Å². The average Bonchev–Trinajstić information content (AvgIpc) is 1.85. The van der Waals surface area contributed by atoms with E-state index in [0.717, 1.165) is 5.69 Å². The molecule has 11 heavy (non-hydrogen) atoms. The Morgan fingerprint density at radius 2 is 2.18 bits per heavy atom. The Bertz CT molecular complexity index is 371. The van der Waals surface area contributed by atoms with Gasteiger partial charge in [-0.05, 0) is 13.8 Å². The first-order chi connectivity index (χ1) is 5.15. The van der Waals surface area contributed by atoms with Gasteiger partial charge >= 0.3 is 0 Å². The monoisotopic (exact) mass is 148 g/mol. The van der Waals surface area contributed by atoms with Crippen molar-refractivity contribution in [1.29, 1.82) is 5.26 Å². The highest BCUT2D eigenvalue weighted by Crippen LogP contribution is 1.97. The highest BCUT2D eigenvalue weighted by molar-refractivity contribution is 5.33. The molecular weight excluding hydrogens is 140 g/mol. The van der Waals surface area contributed by atoms with Crippen molar-refractivity contribution in [2.45, 2.75) is 13.8 Å². The molecule has 0 saturated carbocycles. The summed E-state index contributed by atoms with van der Waals surface area (Å²) >= 11 is 0. The minimum atomic E-state index is -0.207. The normalized spacial score (nSPS) is 9.18. The fourth-order valence-electron chi connectivity index (χ4n) is 0.987. The summed E-state index contributed by atoms with van der Waals surface area (Å²) in [6.45, 7) is 3.50. The molecule has 0 bridgehead atoms. The number of nitrogens with one attached hydrogen (secondary N) is 1. The Kier molecular flexibility index (Phi) is 1.77. The van der Waals surface area contributed by atoms with Crippen molar-refractivity contribution in [3.8, 4) is 6.07 Å². The third kappa shape index (κ3) is 1.30. The van der Waals surface area contributed by atoms with Gasteiger partial charge in [0.15, 0.2) is 5.43 Å². The second-order valence-electron chi connectivity index (χ2n) is 2.43. The van der Waals surface area contributed by atoms with E-state index in [0.29, 0.717) is 5.69 Å². The number of nitriles is 1. The molecule has 0 amide bonds. The SMILES string of the molecule is Cc1cc(=O)c(C#N)c(C)[nH]1. The van der Waals surface area contributed by atoms with Gasteiger partial charge in [0.1, 0.15) is 11.6 Å². The van der Waals surface area contributed by atoms with E-state index >= 15 is 0 Å². The van der Waals surface area contributed by atoms with Gasteiger partial charge in [-0.15, -0.1) is 0 Å². The predicted molar refractivity (Wildman–Crippen MR) is 41.3 cm³/mol. The van der Waals surface area contributed by atoms with Crippen LogP contribution in [0.1, 0.15) is 17.0 Å². The molecule has 3 heteroatoms. The third-order valence-electron chi connectivity index (χ3n) is 1.47. The number of rotatable bonds is 0. The van der Waals surface area contributed by atoms with Crippen molar-refractivity contribution in [2.75, 3.05) is 0 Å².